The van der Waals surface area contributed by atoms with Crippen molar-refractivity contribution in [3.05, 3.63) is 48.0 Å². The number of aliphatic hydroxyl groups is 3. The molecule has 0 radical (unpaired) electrons. The van der Waals surface area contributed by atoms with Gasteiger partial charge in [0.05, 0.1) is 43.3 Å². The van der Waals surface area contributed by atoms with Gasteiger partial charge in [0.2, 0.25) is 17.7 Å². The Labute approximate surface area is 271 Å². The number of rotatable bonds is 17. The molecule has 4 rings (SSSR count). The van der Waals surface area contributed by atoms with Crippen LogP contribution >= 0.6 is 0 Å². The molecule has 5 atom stereocenters. The van der Waals surface area contributed by atoms with Crippen molar-refractivity contribution in [3.63, 3.8) is 0 Å². The molecule has 254 valence electrons. The van der Waals surface area contributed by atoms with Crippen LogP contribution in [0.25, 0.3) is 0 Å². The zero-order valence-electron chi connectivity index (χ0n) is 27.2. The Bertz CT molecular complexity index is 1250. The topological polar surface area (TPSA) is 186 Å². The van der Waals surface area contributed by atoms with Crippen LogP contribution in [-0.2, 0) is 27.2 Å². The Morgan fingerprint density at radius 2 is 1.61 bits per heavy atom. The predicted molar refractivity (Wildman–Crippen MR) is 172 cm³/mol. The van der Waals surface area contributed by atoms with E-state index in [0.29, 0.717) is 23.8 Å². The smallest absolute Gasteiger partial charge is 0.243 e. The van der Waals surface area contributed by atoms with Crippen LogP contribution in [0.2, 0.25) is 0 Å². The molecule has 3 amide bonds. The zero-order chi connectivity index (χ0) is 33.3. The molecule has 1 unspecified atom stereocenters. The van der Waals surface area contributed by atoms with Crippen LogP contribution in [0.4, 0.5) is 0 Å². The number of amides is 3. The summed E-state index contributed by atoms with van der Waals surface area (Å²) >= 11 is 0. The fraction of sp³-hybridized carbons (Fsp3) is 0.647. The molecular weight excluding hydrogens is 590 g/mol. The number of hydrogen-bond donors (Lipinski definition) is 7. The van der Waals surface area contributed by atoms with Gasteiger partial charge in [-0.2, -0.15) is 0 Å². The molecule has 0 aliphatic heterocycles. The van der Waals surface area contributed by atoms with E-state index in [1.54, 1.807) is 37.6 Å². The van der Waals surface area contributed by atoms with Crippen molar-refractivity contribution in [2.24, 2.45) is 11.8 Å². The van der Waals surface area contributed by atoms with Gasteiger partial charge in [0.1, 0.15) is 23.9 Å². The fourth-order valence-electron chi connectivity index (χ4n) is 6.24. The minimum Gasteiger partial charge on any atom is -0.497 e. The molecule has 2 aliphatic carbocycles. The predicted octanol–water partition coefficient (Wildman–Crippen LogP) is 1.92. The molecule has 12 nitrogen and oxygen atoms in total. The summed E-state index contributed by atoms with van der Waals surface area (Å²) in [5.41, 5.74) is 0.00968. The Morgan fingerprint density at radius 1 is 0.957 bits per heavy atom. The van der Waals surface area contributed by atoms with Gasteiger partial charge in [-0.15, -0.1) is 0 Å². The molecule has 46 heavy (non-hydrogen) atoms. The number of H-pyrrole nitrogens is 1. The van der Waals surface area contributed by atoms with Gasteiger partial charge in [-0.1, -0.05) is 44.2 Å². The third kappa shape index (κ3) is 11.1. The number of benzene rings is 1. The number of carbonyl (C=O) groups excluding carboxylic acids is 3. The number of nitrogens with zero attached hydrogens (tertiary/aromatic N) is 1. The van der Waals surface area contributed by atoms with Crippen molar-refractivity contribution in [2.45, 2.75) is 120 Å². The summed E-state index contributed by atoms with van der Waals surface area (Å²) in [6.07, 6.45) is 8.60. The number of aliphatic hydroxyl groups excluding tert-OH is 2. The summed E-state index contributed by atoms with van der Waals surface area (Å²) in [7, 11) is 1.55. The molecule has 0 saturated heterocycles. The van der Waals surface area contributed by atoms with Gasteiger partial charge in [-0.3, -0.25) is 14.4 Å². The van der Waals surface area contributed by atoms with Crippen LogP contribution in [0.3, 0.4) is 0 Å². The Kier molecular flexibility index (Phi) is 12.6. The number of imidazole rings is 1. The molecular formula is C34H51N5O7. The van der Waals surface area contributed by atoms with Crippen LogP contribution < -0.4 is 20.7 Å². The summed E-state index contributed by atoms with van der Waals surface area (Å²) in [5, 5.41) is 40.8. The summed E-state index contributed by atoms with van der Waals surface area (Å²) < 4.78 is 5.23. The van der Waals surface area contributed by atoms with Crippen molar-refractivity contribution in [1.82, 2.24) is 25.9 Å². The Morgan fingerprint density at radius 3 is 2.20 bits per heavy atom. The third-order valence-corrected chi connectivity index (χ3v) is 8.95. The molecule has 2 saturated carbocycles. The lowest BCUT2D eigenvalue weighted by Gasteiger charge is -2.33. The van der Waals surface area contributed by atoms with Gasteiger partial charge >= 0.3 is 0 Å². The van der Waals surface area contributed by atoms with Crippen LogP contribution in [0.1, 0.15) is 82.9 Å². The first-order valence-corrected chi connectivity index (χ1v) is 16.5. The zero-order valence-corrected chi connectivity index (χ0v) is 27.2. The molecule has 2 fully saturated rings. The standard InChI is InChI=1S/C34H51N5O7/c1-34(2,45)18-29(40)37-27(16-22-9-13-25(46-3)14-10-22)32(43)39-28(17-24-19-35-20-36-24)33(44)38-26(15-21-7-5-4-6-8-21)31(42)30(41)23-11-12-23/h9-10,13-14,19-21,23,26-28,30-31,41-42,45H,4-8,11-12,15-18H2,1-3H3,(H,35,36)(H,37,40)(H,38,44)(H,39,43)/t26-,27?,28-,30-,31+/m0/s1. The molecule has 1 aromatic carbocycles. The van der Waals surface area contributed by atoms with Gasteiger partial charge < -0.3 is 41.0 Å². The highest BCUT2D eigenvalue weighted by molar-refractivity contribution is 5.92. The fourth-order valence-corrected chi connectivity index (χ4v) is 6.24. The highest BCUT2D eigenvalue weighted by Gasteiger charge is 2.40. The summed E-state index contributed by atoms with van der Waals surface area (Å²) in [6, 6.07) is 4.26. The molecule has 1 heterocycles. The summed E-state index contributed by atoms with van der Waals surface area (Å²) in [5.74, 6) is -0.628. The highest BCUT2D eigenvalue weighted by Crippen LogP contribution is 2.36. The van der Waals surface area contributed by atoms with Crippen molar-refractivity contribution in [2.75, 3.05) is 7.11 Å². The second-order valence-electron chi connectivity index (χ2n) is 13.7. The summed E-state index contributed by atoms with van der Waals surface area (Å²) in [6.45, 7) is 3.02. The van der Waals surface area contributed by atoms with Gasteiger partial charge in [-0.05, 0) is 62.6 Å². The van der Waals surface area contributed by atoms with Crippen LogP contribution in [0, 0.1) is 11.8 Å². The Balaban J connectivity index is 1.54. The van der Waals surface area contributed by atoms with Crippen molar-refractivity contribution in [3.8, 4) is 5.75 Å². The molecule has 2 aliphatic rings. The lowest BCUT2D eigenvalue weighted by molar-refractivity contribution is -0.133. The maximum Gasteiger partial charge on any atom is 0.243 e. The maximum absolute atomic E-state index is 13.9. The number of hydrogen-bond acceptors (Lipinski definition) is 8. The van der Waals surface area contributed by atoms with Crippen LogP contribution in [0.5, 0.6) is 5.75 Å². The number of nitrogens with one attached hydrogen (secondary N) is 4. The Hall–Kier alpha value is -3.48. The second kappa shape index (κ2) is 16.4. The highest BCUT2D eigenvalue weighted by atomic mass is 16.5. The van der Waals surface area contributed by atoms with Gasteiger partial charge in [-0.25, -0.2) is 4.98 Å². The number of aromatic amines is 1. The second-order valence-corrected chi connectivity index (χ2v) is 13.7. The van der Waals surface area contributed by atoms with Crippen LogP contribution in [0.15, 0.2) is 36.8 Å². The number of aromatic nitrogens is 2. The third-order valence-electron chi connectivity index (χ3n) is 8.95. The first-order chi connectivity index (χ1) is 21.9. The molecule has 7 N–H and O–H groups in total. The summed E-state index contributed by atoms with van der Waals surface area (Å²) in [4.78, 5) is 47.8. The largest absolute Gasteiger partial charge is 0.497 e. The van der Waals surface area contributed by atoms with E-state index in [2.05, 4.69) is 25.9 Å². The number of methoxy groups -OCH3 is 1. The van der Waals surface area contributed by atoms with E-state index in [1.807, 2.05) is 0 Å². The molecule has 12 heteroatoms. The van der Waals surface area contributed by atoms with Gasteiger partial charge in [0.15, 0.2) is 0 Å². The lowest BCUT2D eigenvalue weighted by atomic mass is 9.82. The van der Waals surface area contributed by atoms with E-state index >= 15 is 0 Å². The number of ether oxygens (including phenoxy) is 1. The van der Waals surface area contributed by atoms with E-state index in [-0.39, 0.29) is 25.2 Å². The minimum absolute atomic E-state index is 0.0199. The first kappa shape index (κ1) is 35.4. The van der Waals surface area contributed by atoms with Crippen molar-refractivity contribution in [1.29, 1.82) is 0 Å². The van der Waals surface area contributed by atoms with E-state index in [0.717, 1.165) is 44.1 Å². The normalized spacial score (nSPS) is 18.9. The monoisotopic (exact) mass is 641 g/mol. The van der Waals surface area contributed by atoms with Gasteiger partial charge in [0, 0.05) is 19.0 Å². The quantitative estimate of drug-likeness (QED) is 0.137. The first-order valence-electron chi connectivity index (χ1n) is 16.5. The van der Waals surface area contributed by atoms with Crippen LogP contribution in [-0.4, -0.2) is 86.1 Å². The van der Waals surface area contributed by atoms with E-state index in [4.69, 9.17) is 4.74 Å². The average Bonchev–Trinajstić information content (AvgIpc) is 3.74. The molecule has 0 spiro atoms. The van der Waals surface area contributed by atoms with Crippen molar-refractivity contribution < 1.29 is 34.4 Å². The average molecular weight is 642 g/mol. The molecule has 0 bridgehead atoms. The van der Waals surface area contributed by atoms with E-state index in [9.17, 15) is 29.7 Å². The molecule has 2 aromatic rings. The van der Waals surface area contributed by atoms with Crippen molar-refractivity contribution >= 4 is 17.7 Å². The minimum atomic E-state index is -1.28. The van der Waals surface area contributed by atoms with Gasteiger partial charge in [0.25, 0.3) is 0 Å². The van der Waals surface area contributed by atoms with E-state index in [1.165, 1.54) is 26.6 Å². The maximum atomic E-state index is 13.9. The lowest BCUT2D eigenvalue weighted by Crippen LogP contribution is -2.58. The van der Waals surface area contributed by atoms with E-state index < -0.39 is 53.7 Å². The SMILES string of the molecule is COc1ccc(CC(NC(=O)CC(C)(C)O)C(=O)N[C@@H](Cc2c[nH]cn2)C(=O)N[C@@H](CC2CCCCC2)[C@@H](O)[C@@H](O)C2CC2)cc1. The number of carbonyl (C=O) groups is 3. The molecule has 1 aromatic heterocycles.